The van der Waals surface area contributed by atoms with Gasteiger partial charge in [0.2, 0.25) is 0 Å². The first-order valence-electron chi connectivity index (χ1n) is 4.96. The van der Waals surface area contributed by atoms with Crippen LogP contribution in [0.1, 0.15) is 39.0 Å². The number of carbonyl (C=O) groups is 1. The van der Waals surface area contributed by atoms with Crippen LogP contribution in [0, 0.1) is 23.7 Å². The quantitative estimate of drug-likeness (QED) is 0.287. The molecule has 0 heterocycles. The van der Waals surface area contributed by atoms with Crippen molar-refractivity contribution in [2.75, 3.05) is 0 Å². The Morgan fingerprint density at radius 1 is 1.14 bits per heavy atom. The minimum Gasteiger partial charge on any atom is -0.299 e. The molecule has 0 fully saturated rings. The highest BCUT2D eigenvalue weighted by Crippen LogP contribution is 1.96. The average Bonchev–Trinajstić information content (AvgIpc) is 2.21. The van der Waals surface area contributed by atoms with Crippen LogP contribution in [0.25, 0.3) is 0 Å². The van der Waals surface area contributed by atoms with E-state index >= 15 is 0 Å². The van der Waals surface area contributed by atoms with Gasteiger partial charge in [0.15, 0.2) is 0 Å². The van der Waals surface area contributed by atoms with Gasteiger partial charge in [-0.2, -0.15) is 0 Å². The lowest BCUT2D eigenvalue weighted by Crippen LogP contribution is -1.70. The molecule has 0 aromatic heterocycles. The third-order valence-corrected chi connectivity index (χ3v) is 1.57. The van der Waals surface area contributed by atoms with Crippen LogP contribution in [-0.2, 0) is 4.79 Å². The van der Waals surface area contributed by atoms with Crippen molar-refractivity contribution < 1.29 is 4.79 Å². The Hall–Kier alpha value is -1.47. The van der Waals surface area contributed by atoms with Gasteiger partial charge in [-0.05, 0) is 18.6 Å². The molecule has 0 saturated carbocycles. The first-order valence-corrected chi connectivity index (χ1v) is 4.96. The summed E-state index contributed by atoms with van der Waals surface area (Å²) in [7, 11) is 0. The molecular formula is C13H16O. The lowest BCUT2D eigenvalue weighted by Gasteiger charge is -1.87. The van der Waals surface area contributed by atoms with E-state index in [4.69, 9.17) is 0 Å². The van der Waals surface area contributed by atoms with Gasteiger partial charge in [-0.15, -0.1) is 5.92 Å². The Morgan fingerprint density at radius 2 is 2.00 bits per heavy atom. The molecule has 0 atom stereocenters. The second-order valence-corrected chi connectivity index (χ2v) is 2.80. The van der Waals surface area contributed by atoms with E-state index in [1.165, 1.54) is 31.4 Å². The van der Waals surface area contributed by atoms with Crippen molar-refractivity contribution >= 4 is 6.29 Å². The van der Waals surface area contributed by atoms with Gasteiger partial charge in [0.05, 0.1) is 6.42 Å². The lowest BCUT2D eigenvalue weighted by atomic mass is 10.2. The smallest absolute Gasteiger partial charge is 0.143 e. The molecule has 0 aromatic carbocycles. The fraction of sp³-hybridized carbons (Fsp3) is 0.462. The fourth-order valence-electron chi connectivity index (χ4n) is 0.856. The number of rotatable bonds is 4. The topological polar surface area (TPSA) is 17.1 Å². The van der Waals surface area contributed by atoms with Crippen LogP contribution in [0.15, 0.2) is 12.2 Å². The Morgan fingerprint density at radius 3 is 2.71 bits per heavy atom. The van der Waals surface area contributed by atoms with Crippen LogP contribution in [-0.4, -0.2) is 6.29 Å². The highest BCUT2D eigenvalue weighted by atomic mass is 16.1. The molecule has 0 rings (SSSR count). The molecular weight excluding hydrogens is 172 g/mol. The summed E-state index contributed by atoms with van der Waals surface area (Å²) in [5.74, 6) is 11.6. The molecule has 1 heteroatoms. The molecule has 0 radical (unpaired) electrons. The lowest BCUT2D eigenvalue weighted by molar-refractivity contribution is -0.104. The summed E-state index contributed by atoms with van der Waals surface area (Å²) in [6.45, 7) is 2.18. The van der Waals surface area contributed by atoms with Gasteiger partial charge in [-0.25, -0.2) is 0 Å². The third-order valence-electron chi connectivity index (χ3n) is 1.57. The van der Waals surface area contributed by atoms with Crippen molar-refractivity contribution in [3.05, 3.63) is 12.2 Å². The van der Waals surface area contributed by atoms with E-state index in [1.54, 1.807) is 0 Å². The molecule has 0 spiro atoms. The number of hydrogen-bond acceptors (Lipinski definition) is 1. The molecule has 0 saturated heterocycles. The molecule has 0 aliphatic carbocycles. The van der Waals surface area contributed by atoms with E-state index in [2.05, 4.69) is 30.6 Å². The molecule has 0 amide bonds. The maximum atomic E-state index is 9.86. The summed E-state index contributed by atoms with van der Waals surface area (Å²) in [5.41, 5.74) is 0. The Bertz CT molecular complexity index is 278. The number of carbonyl (C=O) groups excluding carboxylic acids is 1. The summed E-state index contributed by atoms with van der Waals surface area (Å²) in [6, 6.07) is 0. The SMILES string of the molecule is CCCCCC#CCC#CC=CC=O. The summed E-state index contributed by atoms with van der Waals surface area (Å²) in [5, 5.41) is 0. The highest BCUT2D eigenvalue weighted by Gasteiger charge is 1.79. The van der Waals surface area contributed by atoms with Crippen molar-refractivity contribution in [1.29, 1.82) is 0 Å². The molecule has 74 valence electrons. The van der Waals surface area contributed by atoms with E-state index in [9.17, 15) is 4.79 Å². The molecule has 1 nitrogen and oxygen atoms in total. The maximum Gasteiger partial charge on any atom is 0.143 e. The van der Waals surface area contributed by atoms with E-state index in [0.717, 1.165) is 6.42 Å². The van der Waals surface area contributed by atoms with Crippen LogP contribution in [0.3, 0.4) is 0 Å². The number of allylic oxidation sites excluding steroid dienone is 2. The first kappa shape index (κ1) is 12.5. The zero-order valence-electron chi connectivity index (χ0n) is 8.68. The van der Waals surface area contributed by atoms with Gasteiger partial charge in [0.1, 0.15) is 6.29 Å². The van der Waals surface area contributed by atoms with E-state index in [1.807, 2.05) is 0 Å². The molecule has 0 bridgehead atoms. The summed E-state index contributed by atoms with van der Waals surface area (Å²) >= 11 is 0. The van der Waals surface area contributed by atoms with Crippen molar-refractivity contribution in [2.24, 2.45) is 0 Å². The molecule has 14 heavy (non-hydrogen) atoms. The molecule has 0 aromatic rings. The van der Waals surface area contributed by atoms with Crippen LogP contribution >= 0.6 is 0 Å². The monoisotopic (exact) mass is 188 g/mol. The average molecular weight is 188 g/mol. The van der Waals surface area contributed by atoms with Gasteiger partial charge in [-0.1, -0.05) is 37.5 Å². The standard InChI is InChI=1S/C13H16O/c1-2-3-4-5-6-7-8-9-10-11-12-13-14/h11-13H,2-5,8H2,1H3. The largest absolute Gasteiger partial charge is 0.299 e. The second-order valence-electron chi connectivity index (χ2n) is 2.80. The third kappa shape index (κ3) is 10.5. The predicted molar refractivity (Wildman–Crippen MR) is 59.5 cm³/mol. The van der Waals surface area contributed by atoms with Crippen molar-refractivity contribution in [1.82, 2.24) is 0 Å². The Kier molecular flexibility index (Phi) is 10.3. The summed E-state index contributed by atoms with van der Waals surface area (Å²) in [6.07, 6.45) is 8.86. The van der Waals surface area contributed by atoms with E-state index < -0.39 is 0 Å². The molecule has 0 aliphatic rings. The predicted octanol–water partition coefficient (Wildman–Crippen LogP) is 2.72. The molecule has 0 aliphatic heterocycles. The summed E-state index contributed by atoms with van der Waals surface area (Å²) < 4.78 is 0. The number of aldehydes is 1. The van der Waals surface area contributed by atoms with Gasteiger partial charge in [0.25, 0.3) is 0 Å². The highest BCUT2D eigenvalue weighted by molar-refractivity contribution is 5.65. The van der Waals surface area contributed by atoms with E-state index in [0.29, 0.717) is 12.7 Å². The van der Waals surface area contributed by atoms with Gasteiger partial charge in [-0.3, -0.25) is 4.79 Å². The van der Waals surface area contributed by atoms with Crippen molar-refractivity contribution in [3.8, 4) is 23.7 Å². The van der Waals surface area contributed by atoms with Crippen LogP contribution < -0.4 is 0 Å². The Labute approximate surface area is 86.6 Å². The normalized spacial score (nSPS) is 8.64. The zero-order valence-corrected chi connectivity index (χ0v) is 8.68. The van der Waals surface area contributed by atoms with Gasteiger partial charge < -0.3 is 0 Å². The summed E-state index contributed by atoms with van der Waals surface area (Å²) in [4.78, 5) is 9.86. The molecule has 0 unspecified atom stereocenters. The van der Waals surface area contributed by atoms with Gasteiger partial charge in [0, 0.05) is 6.42 Å². The number of unbranched alkanes of at least 4 members (excludes halogenated alkanes) is 3. The second kappa shape index (κ2) is 11.5. The Balaban J connectivity index is 3.44. The minimum atomic E-state index is 0.593. The van der Waals surface area contributed by atoms with Crippen LogP contribution in [0.5, 0.6) is 0 Å². The maximum absolute atomic E-state index is 9.86. The number of hydrogen-bond donors (Lipinski definition) is 0. The fourth-order valence-corrected chi connectivity index (χ4v) is 0.856. The minimum absolute atomic E-state index is 0.593. The van der Waals surface area contributed by atoms with E-state index in [-0.39, 0.29) is 0 Å². The van der Waals surface area contributed by atoms with Crippen LogP contribution in [0.2, 0.25) is 0 Å². The van der Waals surface area contributed by atoms with Gasteiger partial charge >= 0.3 is 0 Å². The zero-order chi connectivity index (χ0) is 10.5. The first-order chi connectivity index (χ1) is 6.91. The molecule has 0 N–H and O–H groups in total. The van der Waals surface area contributed by atoms with Crippen molar-refractivity contribution in [3.63, 3.8) is 0 Å². The van der Waals surface area contributed by atoms with Crippen molar-refractivity contribution in [2.45, 2.75) is 39.0 Å². The van der Waals surface area contributed by atoms with Crippen LogP contribution in [0.4, 0.5) is 0 Å².